The molecular formula is C20H23ClN4O2S. The molecule has 2 atom stereocenters. The number of hydrogen-bond donors (Lipinski definition) is 1. The van der Waals surface area contributed by atoms with E-state index in [1.54, 1.807) is 34.8 Å². The lowest BCUT2D eigenvalue weighted by molar-refractivity contribution is 0.248. The molecule has 2 unspecified atom stereocenters. The van der Waals surface area contributed by atoms with Gasteiger partial charge in [-0.05, 0) is 48.7 Å². The molecule has 8 heteroatoms. The Kier molecular flexibility index (Phi) is 5.07. The minimum Gasteiger partial charge on any atom is -0.369 e. The molecule has 0 amide bonds. The maximum atomic E-state index is 13.1. The van der Waals surface area contributed by atoms with Crippen molar-refractivity contribution in [2.24, 2.45) is 5.92 Å². The Morgan fingerprint density at radius 3 is 2.71 bits per heavy atom. The minimum atomic E-state index is -3.55. The van der Waals surface area contributed by atoms with E-state index < -0.39 is 10.0 Å². The normalized spacial score (nSPS) is 21.1. The lowest BCUT2D eigenvalue weighted by Gasteiger charge is -2.42. The van der Waals surface area contributed by atoms with Crippen LogP contribution in [0.3, 0.4) is 0 Å². The van der Waals surface area contributed by atoms with Gasteiger partial charge in [-0.25, -0.2) is 13.4 Å². The maximum Gasteiger partial charge on any atom is 0.243 e. The minimum absolute atomic E-state index is 0.0660. The molecule has 3 aromatic rings. The van der Waals surface area contributed by atoms with E-state index in [4.69, 9.17) is 11.6 Å². The van der Waals surface area contributed by atoms with Gasteiger partial charge in [0.15, 0.2) is 0 Å². The van der Waals surface area contributed by atoms with Gasteiger partial charge in [0.1, 0.15) is 5.65 Å². The number of piperidine rings is 1. The number of pyridine rings is 1. The maximum absolute atomic E-state index is 13.1. The number of rotatable bonds is 4. The Morgan fingerprint density at radius 2 is 1.96 bits per heavy atom. The number of benzene rings is 1. The largest absolute Gasteiger partial charge is 0.369 e. The van der Waals surface area contributed by atoms with Crippen molar-refractivity contribution in [1.29, 1.82) is 0 Å². The SMILES string of the molecule is CC1CCN(S(=O)(=O)c2ccc(Cl)cc2)CC1N(C)c1ccnc2[nH]ccc12. The van der Waals surface area contributed by atoms with Crippen LogP contribution >= 0.6 is 11.6 Å². The van der Waals surface area contributed by atoms with Crippen molar-refractivity contribution in [3.05, 3.63) is 53.8 Å². The molecular weight excluding hydrogens is 396 g/mol. The number of hydrogen-bond acceptors (Lipinski definition) is 4. The van der Waals surface area contributed by atoms with Crippen LogP contribution in [0.5, 0.6) is 0 Å². The number of likely N-dealkylation sites (N-methyl/N-ethyl adjacent to an activating group) is 1. The van der Waals surface area contributed by atoms with Crippen molar-refractivity contribution in [3.8, 4) is 0 Å². The summed E-state index contributed by atoms with van der Waals surface area (Å²) in [6.45, 7) is 3.15. The third kappa shape index (κ3) is 3.38. The number of aromatic amines is 1. The molecule has 1 saturated heterocycles. The van der Waals surface area contributed by atoms with Crippen LogP contribution in [0.15, 0.2) is 53.7 Å². The van der Waals surface area contributed by atoms with Gasteiger partial charge >= 0.3 is 0 Å². The van der Waals surface area contributed by atoms with Gasteiger partial charge in [-0.2, -0.15) is 4.31 Å². The zero-order valence-corrected chi connectivity index (χ0v) is 17.4. The number of H-pyrrole nitrogens is 1. The molecule has 0 bridgehead atoms. The first-order valence-electron chi connectivity index (χ1n) is 9.28. The molecule has 0 saturated carbocycles. The fourth-order valence-corrected chi connectivity index (χ4v) is 5.53. The summed E-state index contributed by atoms with van der Waals surface area (Å²) in [4.78, 5) is 9.95. The molecule has 1 N–H and O–H groups in total. The fraction of sp³-hybridized carbons (Fsp3) is 0.350. The van der Waals surface area contributed by atoms with Gasteiger partial charge in [-0.1, -0.05) is 18.5 Å². The van der Waals surface area contributed by atoms with Crippen molar-refractivity contribution in [1.82, 2.24) is 14.3 Å². The standard InChI is InChI=1S/C20H23ClN4O2S/c1-14-9-12-25(28(26,27)16-5-3-15(21)4-6-16)13-19(14)24(2)18-8-11-23-20-17(18)7-10-22-20/h3-8,10-11,14,19H,9,12-13H2,1-2H3,(H,22,23). The fourth-order valence-electron chi connectivity index (χ4n) is 3.93. The number of fused-ring (bicyclic) bond motifs is 1. The van der Waals surface area contributed by atoms with Crippen LogP contribution in [0.1, 0.15) is 13.3 Å². The van der Waals surface area contributed by atoms with Crippen LogP contribution in [0, 0.1) is 5.92 Å². The molecule has 3 heterocycles. The quantitative estimate of drug-likeness (QED) is 0.700. The third-order valence-corrected chi connectivity index (χ3v) is 7.78. The lowest BCUT2D eigenvalue weighted by atomic mass is 9.93. The van der Waals surface area contributed by atoms with Gasteiger partial charge in [0.25, 0.3) is 0 Å². The number of sulfonamides is 1. The van der Waals surface area contributed by atoms with Gasteiger partial charge < -0.3 is 9.88 Å². The van der Waals surface area contributed by atoms with Crippen LogP contribution in [0.2, 0.25) is 5.02 Å². The van der Waals surface area contributed by atoms with Gasteiger partial charge in [-0.3, -0.25) is 0 Å². The van der Waals surface area contributed by atoms with Crippen LogP contribution in [0.25, 0.3) is 11.0 Å². The highest BCUT2D eigenvalue weighted by atomic mass is 35.5. The van der Waals surface area contributed by atoms with E-state index >= 15 is 0 Å². The highest BCUT2D eigenvalue weighted by molar-refractivity contribution is 7.89. The second-order valence-corrected chi connectivity index (χ2v) is 9.71. The first kappa shape index (κ1) is 19.2. The summed E-state index contributed by atoms with van der Waals surface area (Å²) >= 11 is 5.91. The predicted octanol–water partition coefficient (Wildman–Crippen LogP) is 3.75. The first-order valence-corrected chi connectivity index (χ1v) is 11.1. The van der Waals surface area contributed by atoms with Crippen LogP contribution < -0.4 is 4.90 Å². The molecule has 2 aromatic heterocycles. The number of nitrogens with zero attached hydrogens (tertiary/aromatic N) is 3. The molecule has 6 nitrogen and oxygen atoms in total. The van der Waals surface area contributed by atoms with E-state index in [1.165, 1.54) is 0 Å². The van der Waals surface area contributed by atoms with E-state index in [9.17, 15) is 8.42 Å². The van der Waals surface area contributed by atoms with Gasteiger partial charge in [0.2, 0.25) is 10.0 Å². The van der Waals surface area contributed by atoms with E-state index in [1.807, 2.05) is 25.4 Å². The summed E-state index contributed by atoms with van der Waals surface area (Å²) in [6.07, 6.45) is 4.46. The number of anilines is 1. The zero-order valence-electron chi connectivity index (χ0n) is 15.8. The van der Waals surface area contributed by atoms with Crippen molar-refractivity contribution in [2.75, 3.05) is 25.0 Å². The molecule has 0 radical (unpaired) electrons. The van der Waals surface area contributed by atoms with E-state index in [0.29, 0.717) is 24.0 Å². The lowest BCUT2D eigenvalue weighted by Crippen LogP contribution is -2.52. The molecule has 1 fully saturated rings. The molecule has 0 aliphatic carbocycles. The Bertz CT molecular complexity index is 1080. The van der Waals surface area contributed by atoms with Crippen LogP contribution in [-0.2, 0) is 10.0 Å². The van der Waals surface area contributed by atoms with E-state index in [0.717, 1.165) is 23.1 Å². The van der Waals surface area contributed by atoms with Crippen molar-refractivity contribution in [2.45, 2.75) is 24.3 Å². The Labute approximate surface area is 170 Å². The topological polar surface area (TPSA) is 69.3 Å². The number of halogens is 1. The molecule has 1 aromatic carbocycles. The van der Waals surface area contributed by atoms with Crippen molar-refractivity contribution in [3.63, 3.8) is 0 Å². The smallest absolute Gasteiger partial charge is 0.243 e. The first-order chi connectivity index (χ1) is 13.4. The monoisotopic (exact) mass is 418 g/mol. The van der Waals surface area contributed by atoms with E-state index in [-0.39, 0.29) is 10.9 Å². The highest BCUT2D eigenvalue weighted by Crippen LogP contribution is 2.32. The summed E-state index contributed by atoms with van der Waals surface area (Å²) in [7, 11) is -1.52. The van der Waals surface area contributed by atoms with Crippen molar-refractivity contribution < 1.29 is 8.42 Å². The summed E-state index contributed by atoms with van der Waals surface area (Å²) in [6, 6.07) is 10.4. The average Bonchev–Trinajstić information content (AvgIpc) is 3.17. The molecule has 28 heavy (non-hydrogen) atoms. The predicted molar refractivity (Wildman–Crippen MR) is 112 cm³/mol. The zero-order chi connectivity index (χ0) is 19.9. The van der Waals surface area contributed by atoms with Crippen molar-refractivity contribution >= 4 is 38.3 Å². The van der Waals surface area contributed by atoms with E-state index in [2.05, 4.69) is 21.8 Å². The highest BCUT2D eigenvalue weighted by Gasteiger charge is 2.36. The van der Waals surface area contributed by atoms with Gasteiger partial charge in [0, 0.05) is 54.7 Å². The molecule has 4 rings (SSSR count). The van der Waals surface area contributed by atoms with Gasteiger partial charge in [0.05, 0.1) is 4.90 Å². The summed E-state index contributed by atoms with van der Waals surface area (Å²) in [5.41, 5.74) is 1.88. The second kappa shape index (κ2) is 7.39. The Hall–Kier alpha value is -2.09. The average molecular weight is 419 g/mol. The Balaban J connectivity index is 1.63. The summed E-state index contributed by atoms with van der Waals surface area (Å²) < 4.78 is 27.9. The van der Waals surface area contributed by atoms with Crippen LogP contribution in [-0.4, -0.2) is 48.9 Å². The van der Waals surface area contributed by atoms with Crippen LogP contribution in [0.4, 0.5) is 5.69 Å². The van der Waals surface area contributed by atoms with Gasteiger partial charge in [-0.15, -0.1) is 0 Å². The number of aromatic nitrogens is 2. The molecule has 0 spiro atoms. The molecule has 1 aliphatic heterocycles. The summed E-state index contributed by atoms with van der Waals surface area (Å²) in [5.74, 6) is 0.365. The molecule has 1 aliphatic rings. The Morgan fingerprint density at radius 1 is 1.21 bits per heavy atom. The summed E-state index contributed by atoms with van der Waals surface area (Å²) in [5, 5.41) is 1.56. The third-order valence-electron chi connectivity index (χ3n) is 5.65. The molecule has 148 valence electrons. The number of nitrogens with one attached hydrogen (secondary N) is 1. The second-order valence-electron chi connectivity index (χ2n) is 7.33.